The molecule has 18 heavy (non-hydrogen) atoms. The van der Waals surface area contributed by atoms with E-state index in [0.717, 1.165) is 44.0 Å². The molecule has 2 rings (SSSR count). The molecule has 0 amide bonds. The zero-order chi connectivity index (χ0) is 12.8. The third kappa shape index (κ3) is 3.16. The summed E-state index contributed by atoms with van der Waals surface area (Å²) in [7, 11) is 1.90. The number of rotatable bonds is 7. The molecule has 1 N–H and O–H groups in total. The van der Waals surface area contributed by atoms with Crippen molar-refractivity contribution in [1.82, 2.24) is 29.9 Å². The van der Waals surface area contributed by atoms with E-state index in [0.29, 0.717) is 0 Å². The predicted octanol–water partition coefficient (Wildman–Crippen LogP) is 0.847. The van der Waals surface area contributed by atoms with Crippen molar-refractivity contribution < 1.29 is 0 Å². The Hall–Kier alpha value is -1.69. The van der Waals surface area contributed by atoms with Crippen LogP contribution in [0.15, 0.2) is 18.6 Å². The van der Waals surface area contributed by atoms with Crippen molar-refractivity contribution in [2.75, 3.05) is 7.05 Å². The molecule has 0 spiro atoms. The van der Waals surface area contributed by atoms with Gasteiger partial charge in [-0.25, -0.2) is 4.98 Å². The van der Waals surface area contributed by atoms with Gasteiger partial charge < -0.3 is 9.88 Å². The van der Waals surface area contributed by atoms with Gasteiger partial charge in [-0.2, -0.15) is 0 Å². The fourth-order valence-electron chi connectivity index (χ4n) is 1.92. The van der Waals surface area contributed by atoms with Crippen LogP contribution in [0.3, 0.4) is 0 Å². The quantitative estimate of drug-likeness (QED) is 0.789. The van der Waals surface area contributed by atoms with E-state index in [4.69, 9.17) is 0 Å². The summed E-state index contributed by atoms with van der Waals surface area (Å²) in [6.45, 7) is 4.63. The lowest BCUT2D eigenvalue weighted by Crippen LogP contribution is -2.10. The summed E-state index contributed by atoms with van der Waals surface area (Å²) in [6.07, 6.45) is 8.00. The van der Waals surface area contributed by atoms with Gasteiger partial charge in [-0.15, -0.1) is 5.10 Å². The number of nitrogens with zero attached hydrogens (tertiary/aromatic N) is 5. The van der Waals surface area contributed by atoms with Gasteiger partial charge in [-0.3, -0.25) is 4.68 Å². The Morgan fingerprint density at radius 1 is 1.33 bits per heavy atom. The Labute approximate surface area is 107 Å². The first-order valence-corrected chi connectivity index (χ1v) is 6.37. The topological polar surface area (TPSA) is 60.6 Å². The van der Waals surface area contributed by atoms with E-state index in [2.05, 4.69) is 32.1 Å². The third-order valence-electron chi connectivity index (χ3n) is 2.79. The molecule has 0 radical (unpaired) electrons. The Bertz CT molecular complexity index is 472. The number of hydrogen-bond acceptors (Lipinski definition) is 4. The molecule has 0 aliphatic rings. The van der Waals surface area contributed by atoms with E-state index in [1.54, 1.807) is 0 Å². The summed E-state index contributed by atoms with van der Waals surface area (Å²) >= 11 is 0. The minimum Gasteiger partial charge on any atom is -0.333 e. The molecule has 2 aromatic rings. The fraction of sp³-hybridized carbons (Fsp3) is 0.583. The molecule has 2 heterocycles. The van der Waals surface area contributed by atoms with E-state index in [9.17, 15) is 0 Å². The summed E-state index contributed by atoms with van der Waals surface area (Å²) in [5, 5.41) is 11.3. The molecule has 0 aliphatic heterocycles. The van der Waals surface area contributed by atoms with Crippen LogP contribution in [0.25, 0.3) is 0 Å². The first kappa shape index (κ1) is 12.8. The van der Waals surface area contributed by atoms with E-state index in [1.807, 2.05) is 30.3 Å². The average molecular weight is 248 g/mol. The molecule has 6 nitrogen and oxygen atoms in total. The van der Waals surface area contributed by atoms with Crippen LogP contribution in [-0.4, -0.2) is 31.6 Å². The smallest absolute Gasteiger partial charge is 0.108 e. The number of aryl methyl sites for hydroxylation is 3. The third-order valence-corrected chi connectivity index (χ3v) is 2.79. The van der Waals surface area contributed by atoms with Crippen molar-refractivity contribution in [1.29, 1.82) is 0 Å². The standard InChI is InChI=1S/C12H20N6/c1-3-4-12-14-5-6-17(12)7-8-18-10-11(9-13-2)15-16-18/h5-6,10,13H,3-4,7-9H2,1-2H3. The zero-order valence-corrected chi connectivity index (χ0v) is 11.0. The highest BCUT2D eigenvalue weighted by molar-refractivity contribution is 4.93. The van der Waals surface area contributed by atoms with Crippen molar-refractivity contribution in [2.45, 2.75) is 39.4 Å². The van der Waals surface area contributed by atoms with Crippen molar-refractivity contribution in [3.63, 3.8) is 0 Å². The summed E-state index contributed by atoms with van der Waals surface area (Å²) in [5.74, 6) is 1.15. The van der Waals surface area contributed by atoms with E-state index in [-0.39, 0.29) is 0 Å². The molecule has 0 fully saturated rings. The maximum atomic E-state index is 4.36. The van der Waals surface area contributed by atoms with Gasteiger partial charge in [0.2, 0.25) is 0 Å². The minimum absolute atomic E-state index is 0.756. The normalized spacial score (nSPS) is 11.0. The van der Waals surface area contributed by atoms with Crippen LogP contribution < -0.4 is 5.32 Å². The van der Waals surface area contributed by atoms with Crippen LogP contribution in [0.4, 0.5) is 0 Å². The van der Waals surface area contributed by atoms with Crippen LogP contribution in [-0.2, 0) is 26.1 Å². The molecule has 0 saturated carbocycles. The van der Waals surface area contributed by atoms with Crippen molar-refractivity contribution in [2.24, 2.45) is 0 Å². The molecule has 0 aliphatic carbocycles. The first-order valence-electron chi connectivity index (χ1n) is 6.37. The van der Waals surface area contributed by atoms with Gasteiger partial charge >= 0.3 is 0 Å². The van der Waals surface area contributed by atoms with Crippen molar-refractivity contribution in [3.8, 4) is 0 Å². The van der Waals surface area contributed by atoms with Crippen LogP contribution in [0.1, 0.15) is 24.9 Å². The number of imidazole rings is 1. The highest BCUT2D eigenvalue weighted by atomic mass is 15.4. The Morgan fingerprint density at radius 2 is 2.22 bits per heavy atom. The second kappa shape index (κ2) is 6.30. The lowest BCUT2D eigenvalue weighted by molar-refractivity contribution is 0.506. The van der Waals surface area contributed by atoms with Gasteiger partial charge in [0, 0.05) is 38.1 Å². The summed E-state index contributed by atoms with van der Waals surface area (Å²) < 4.78 is 4.06. The van der Waals surface area contributed by atoms with Gasteiger partial charge in [0.1, 0.15) is 5.82 Å². The second-order valence-corrected chi connectivity index (χ2v) is 4.29. The largest absolute Gasteiger partial charge is 0.333 e. The molecule has 0 saturated heterocycles. The fourth-order valence-corrected chi connectivity index (χ4v) is 1.92. The molecule has 98 valence electrons. The predicted molar refractivity (Wildman–Crippen MR) is 69.0 cm³/mol. The van der Waals surface area contributed by atoms with Gasteiger partial charge in [0.25, 0.3) is 0 Å². The van der Waals surface area contributed by atoms with Crippen LogP contribution in [0.2, 0.25) is 0 Å². The number of aromatic nitrogens is 5. The molecule has 6 heteroatoms. The molecule has 2 aromatic heterocycles. The van der Waals surface area contributed by atoms with Gasteiger partial charge in [-0.05, 0) is 13.5 Å². The number of hydrogen-bond donors (Lipinski definition) is 1. The molecular formula is C12H20N6. The summed E-state index contributed by atoms with van der Waals surface area (Å²) in [5.41, 5.74) is 0.969. The first-order chi connectivity index (χ1) is 8.83. The van der Waals surface area contributed by atoms with Crippen molar-refractivity contribution in [3.05, 3.63) is 30.1 Å². The zero-order valence-electron chi connectivity index (χ0n) is 11.0. The number of nitrogens with one attached hydrogen (secondary N) is 1. The Kier molecular flexibility index (Phi) is 4.46. The van der Waals surface area contributed by atoms with E-state index < -0.39 is 0 Å². The summed E-state index contributed by atoms with van der Waals surface area (Å²) in [6, 6.07) is 0. The highest BCUT2D eigenvalue weighted by Gasteiger charge is 2.03. The molecular weight excluding hydrogens is 228 g/mol. The van der Waals surface area contributed by atoms with Gasteiger partial charge in [0.15, 0.2) is 0 Å². The lowest BCUT2D eigenvalue weighted by Gasteiger charge is -2.06. The van der Waals surface area contributed by atoms with Crippen LogP contribution in [0.5, 0.6) is 0 Å². The molecule has 0 bridgehead atoms. The van der Waals surface area contributed by atoms with Crippen molar-refractivity contribution >= 4 is 0 Å². The molecule has 0 unspecified atom stereocenters. The van der Waals surface area contributed by atoms with Crippen LogP contribution in [0, 0.1) is 0 Å². The second-order valence-electron chi connectivity index (χ2n) is 4.29. The van der Waals surface area contributed by atoms with Gasteiger partial charge in [0.05, 0.1) is 12.2 Å². The van der Waals surface area contributed by atoms with Crippen LogP contribution >= 0.6 is 0 Å². The minimum atomic E-state index is 0.756. The van der Waals surface area contributed by atoms with E-state index in [1.165, 1.54) is 0 Å². The van der Waals surface area contributed by atoms with Gasteiger partial charge in [-0.1, -0.05) is 12.1 Å². The SMILES string of the molecule is CCCc1nccn1CCn1cc(CNC)nn1. The summed E-state index contributed by atoms with van der Waals surface area (Å²) in [4.78, 5) is 4.36. The molecule has 0 aromatic carbocycles. The monoisotopic (exact) mass is 248 g/mol. The van der Waals surface area contributed by atoms with E-state index >= 15 is 0 Å². The highest BCUT2D eigenvalue weighted by Crippen LogP contribution is 2.02. The maximum absolute atomic E-state index is 4.36. The lowest BCUT2D eigenvalue weighted by atomic mass is 10.3. The Balaban J connectivity index is 1.91. The maximum Gasteiger partial charge on any atom is 0.108 e. The Morgan fingerprint density at radius 3 is 3.00 bits per heavy atom. The average Bonchev–Trinajstić information content (AvgIpc) is 2.97. The molecule has 0 atom stereocenters.